The number of anilines is 1. The Kier molecular flexibility index (Phi) is 5.43. The van der Waals surface area contributed by atoms with Crippen LogP contribution in [0, 0.1) is 6.92 Å². The van der Waals surface area contributed by atoms with E-state index in [9.17, 15) is 9.59 Å². The van der Waals surface area contributed by atoms with Gasteiger partial charge in [0, 0.05) is 18.4 Å². The predicted octanol–water partition coefficient (Wildman–Crippen LogP) is 3.39. The smallest absolute Gasteiger partial charge is 0.274 e. The lowest BCUT2D eigenvalue weighted by molar-refractivity contribution is -0.135. The van der Waals surface area contributed by atoms with Crippen LogP contribution in [0.4, 0.5) is 5.69 Å². The number of nitrogens with zero attached hydrogens (tertiary/aromatic N) is 4. The summed E-state index contributed by atoms with van der Waals surface area (Å²) in [7, 11) is 0. The number of nitrogens with one attached hydrogen (secondary N) is 1. The first-order valence-electron chi connectivity index (χ1n) is 10.1. The molecular weight excluding hydrogens is 450 g/mol. The third-order valence-corrected chi connectivity index (χ3v) is 5.50. The lowest BCUT2D eigenvalue weighted by Gasteiger charge is -2.22. The van der Waals surface area contributed by atoms with Crippen LogP contribution in [0.1, 0.15) is 24.3 Å². The number of benzene rings is 2. The summed E-state index contributed by atoms with van der Waals surface area (Å²) < 4.78 is 16.1. The minimum Gasteiger partial charge on any atom is -0.454 e. The molecule has 0 radical (unpaired) electrons. The highest BCUT2D eigenvalue weighted by molar-refractivity contribution is 6.34. The van der Waals surface area contributed by atoms with Gasteiger partial charge in [0.1, 0.15) is 12.3 Å². The Hall–Kier alpha value is -3.92. The second-order valence-corrected chi connectivity index (χ2v) is 7.88. The highest BCUT2D eigenvalue weighted by Crippen LogP contribution is 2.35. The van der Waals surface area contributed by atoms with Crippen molar-refractivity contribution in [2.75, 3.05) is 18.7 Å². The molecule has 2 aliphatic heterocycles. The van der Waals surface area contributed by atoms with E-state index < -0.39 is 5.91 Å². The van der Waals surface area contributed by atoms with Gasteiger partial charge in [-0.3, -0.25) is 9.59 Å². The molecule has 2 amide bonds. The Balaban J connectivity index is 1.32. The number of carbonyl (C=O) groups excluding carboxylic acids is 2. The second-order valence-electron chi connectivity index (χ2n) is 7.47. The van der Waals surface area contributed by atoms with Gasteiger partial charge in [0.25, 0.3) is 5.89 Å². The molecule has 168 valence electrons. The fourth-order valence-electron chi connectivity index (χ4n) is 3.48. The lowest BCUT2D eigenvalue weighted by atomic mass is 10.1. The molecular formula is C22H18ClN5O5. The van der Waals surface area contributed by atoms with Crippen LogP contribution in [-0.2, 0) is 9.59 Å². The number of hydrazone groups is 1. The van der Waals surface area contributed by atoms with E-state index in [1.54, 1.807) is 30.3 Å². The monoisotopic (exact) mass is 467 g/mol. The first-order valence-corrected chi connectivity index (χ1v) is 10.5. The molecule has 2 aromatic carbocycles. The number of amides is 2. The predicted molar refractivity (Wildman–Crippen MR) is 118 cm³/mol. The average molecular weight is 468 g/mol. The number of fused-ring (bicyclic) bond motifs is 1. The van der Waals surface area contributed by atoms with Gasteiger partial charge in [0.2, 0.25) is 24.4 Å². The molecule has 0 saturated heterocycles. The van der Waals surface area contributed by atoms with Crippen LogP contribution in [0.2, 0.25) is 5.02 Å². The molecule has 0 atom stereocenters. The average Bonchev–Trinajstić information content (AvgIpc) is 3.47. The summed E-state index contributed by atoms with van der Waals surface area (Å²) >= 11 is 6.17. The standard InChI is InChI=1S/C22H18ClN5O5/c1-12-3-2-4-14(23)20(12)24-18(29)10-28-19(30)8-6-15(26-28)22-25-21(27-33-22)13-5-7-16-17(9-13)32-11-31-16/h2-5,7,9H,6,8,10-11H2,1H3,(H,24,29). The minimum absolute atomic E-state index is 0.166. The molecule has 0 bridgehead atoms. The number of carbonyl (C=O) groups is 2. The Morgan fingerprint density at radius 3 is 2.88 bits per heavy atom. The number of rotatable bonds is 5. The third kappa shape index (κ3) is 4.24. The summed E-state index contributed by atoms with van der Waals surface area (Å²) in [6, 6.07) is 10.6. The molecule has 3 heterocycles. The van der Waals surface area contributed by atoms with Gasteiger partial charge in [0.15, 0.2) is 11.5 Å². The first-order chi connectivity index (χ1) is 16.0. The van der Waals surface area contributed by atoms with E-state index in [2.05, 4.69) is 20.6 Å². The lowest BCUT2D eigenvalue weighted by Crippen LogP contribution is -2.38. The van der Waals surface area contributed by atoms with Crippen molar-refractivity contribution in [1.82, 2.24) is 15.1 Å². The third-order valence-electron chi connectivity index (χ3n) is 5.19. The topological polar surface area (TPSA) is 119 Å². The van der Waals surface area contributed by atoms with Crippen molar-refractivity contribution >= 4 is 34.8 Å². The van der Waals surface area contributed by atoms with Gasteiger partial charge >= 0.3 is 0 Å². The van der Waals surface area contributed by atoms with Crippen LogP contribution >= 0.6 is 11.6 Å². The van der Waals surface area contributed by atoms with Crippen molar-refractivity contribution in [3.05, 3.63) is 52.9 Å². The zero-order chi connectivity index (χ0) is 22.9. The molecule has 0 saturated carbocycles. The quantitative estimate of drug-likeness (QED) is 0.610. The van der Waals surface area contributed by atoms with Crippen molar-refractivity contribution in [3.63, 3.8) is 0 Å². The number of para-hydroxylation sites is 1. The molecule has 0 spiro atoms. The van der Waals surface area contributed by atoms with Crippen molar-refractivity contribution in [2.45, 2.75) is 19.8 Å². The Bertz CT molecular complexity index is 1270. The number of aromatic nitrogens is 2. The number of ether oxygens (including phenoxy) is 2. The highest BCUT2D eigenvalue weighted by atomic mass is 35.5. The van der Waals surface area contributed by atoms with Gasteiger partial charge < -0.3 is 19.3 Å². The summed E-state index contributed by atoms with van der Waals surface area (Å²) in [4.78, 5) is 29.3. The van der Waals surface area contributed by atoms with Gasteiger partial charge in [-0.2, -0.15) is 10.1 Å². The largest absolute Gasteiger partial charge is 0.454 e. The van der Waals surface area contributed by atoms with Gasteiger partial charge in [-0.25, -0.2) is 5.01 Å². The maximum absolute atomic E-state index is 12.5. The summed E-state index contributed by atoms with van der Waals surface area (Å²) in [5.74, 6) is 1.09. The van der Waals surface area contributed by atoms with Crippen molar-refractivity contribution in [2.24, 2.45) is 5.10 Å². The minimum atomic E-state index is -0.420. The molecule has 0 fully saturated rings. The van der Waals surface area contributed by atoms with Gasteiger partial charge in [0.05, 0.1) is 10.7 Å². The van der Waals surface area contributed by atoms with Gasteiger partial charge in [-0.1, -0.05) is 28.9 Å². The Labute approximate surface area is 193 Å². The normalized spacial score (nSPS) is 14.9. The maximum Gasteiger partial charge on any atom is 0.274 e. The Morgan fingerprint density at radius 1 is 1.18 bits per heavy atom. The van der Waals surface area contributed by atoms with Gasteiger partial charge in [-0.05, 0) is 36.8 Å². The molecule has 1 aromatic heterocycles. The fourth-order valence-corrected chi connectivity index (χ4v) is 3.75. The summed E-state index contributed by atoms with van der Waals surface area (Å²) in [6.45, 7) is 1.73. The van der Waals surface area contributed by atoms with E-state index in [1.165, 1.54) is 0 Å². The van der Waals surface area contributed by atoms with Crippen LogP contribution in [0.3, 0.4) is 0 Å². The van der Waals surface area contributed by atoms with Crippen LogP contribution in [0.5, 0.6) is 11.5 Å². The van der Waals surface area contributed by atoms with Crippen molar-refractivity contribution < 1.29 is 23.6 Å². The van der Waals surface area contributed by atoms with E-state index in [0.29, 0.717) is 45.7 Å². The van der Waals surface area contributed by atoms with E-state index in [4.69, 9.17) is 25.6 Å². The molecule has 0 unspecified atom stereocenters. The van der Waals surface area contributed by atoms with E-state index in [1.807, 2.05) is 13.0 Å². The summed E-state index contributed by atoms with van der Waals surface area (Å²) in [5, 5.41) is 12.6. The zero-order valence-corrected chi connectivity index (χ0v) is 18.3. The van der Waals surface area contributed by atoms with Crippen molar-refractivity contribution in [1.29, 1.82) is 0 Å². The van der Waals surface area contributed by atoms with Gasteiger partial charge in [-0.15, -0.1) is 0 Å². The molecule has 11 heteroatoms. The first kappa shape index (κ1) is 21.0. The number of halogens is 1. The van der Waals surface area contributed by atoms with E-state index >= 15 is 0 Å². The number of hydrogen-bond acceptors (Lipinski definition) is 8. The van der Waals surface area contributed by atoms with Crippen molar-refractivity contribution in [3.8, 4) is 22.9 Å². The fraction of sp³-hybridized carbons (Fsp3) is 0.227. The van der Waals surface area contributed by atoms with Crippen LogP contribution in [0.15, 0.2) is 46.0 Å². The number of aryl methyl sites for hydroxylation is 1. The summed E-state index contributed by atoms with van der Waals surface area (Å²) in [6.07, 6.45) is 0.488. The van der Waals surface area contributed by atoms with Crippen LogP contribution in [-0.4, -0.2) is 46.0 Å². The molecule has 3 aromatic rings. The highest BCUT2D eigenvalue weighted by Gasteiger charge is 2.27. The zero-order valence-electron chi connectivity index (χ0n) is 17.5. The summed E-state index contributed by atoms with van der Waals surface area (Å²) in [5.41, 5.74) is 2.43. The molecule has 10 nitrogen and oxygen atoms in total. The SMILES string of the molecule is Cc1cccc(Cl)c1NC(=O)CN1N=C(c2nc(-c3ccc4c(c3)OCO4)no2)CCC1=O. The van der Waals surface area contributed by atoms with Crippen LogP contribution in [0.25, 0.3) is 11.4 Å². The molecule has 5 rings (SSSR count). The molecule has 1 N–H and O–H groups in total. The van der Waals surface area contributed by atoms with E-state index in [-0.39, 0.29) is 31.6 Å². The van der Waals surface area contributed by atoms with E-state index in [0.717, 1.165) is 10.6 Å². The molecule has 33 heavy (non-hydrogen) atoms. The van der Waals surface area contributed by atoms with Crippen LogP contribution < -0.4 is 14.8 Å². The maximum atomic E-state index is 12.5. The molecule has 0 aliphatic carbocycles. The molecule has 2 aliphatic rings. The second kappa shape index (κ2) is 8.55. The Morgan fingerprint density at radius 2 is 2.03 bits per heavy atom. The number of hydrogen-bond donors (Lipinski definition) is 1.